The first-order valence-corrected chi connectivity index (χ1v) is 7.96. The van der Waals surface area contributed by atoms with E-state index in [1.165, 1.54) is 11.3 Å². The van der Waals surface area contributed by atoms with E-state index in [0.29, 0.717) is 10.7 Å². The number of thiazole rings is 1. The topological polar surface area (TPSA) is 51.2 Å². The average Bonchev–Trinajstić information content (AvgIpc) is 2.88. The molecule has 1 aromatic carbocycles. The lowest BCUT2D eigenvalue weighted by Gasteiger charge is -2.02. The van der Waals surface area contributed by atoms with Crippen LogP contribution < -0.4 is 10.1 Å². The first-order valence-electron chi connectivity index (χ1n) is 7.15. The standard InChI is InChI=1S/C17H20N2O2S/c1-5-6-11(2)16(20)19-17-18-15(12(3)22-17)13-7-9-14(21-4)10-8-13/h6-10H,5H2,1-4H3,(H,18,19,20). The molecule has 0 saturated heterocycles. The summed E-state index contributed by atoms with van der Waals surface area (Å²) in [5.41, 5.74) is 2.61. The number of carbonyl (C=O) groups excluding carboxylic acids is 1. The van der Waals surface area contributed by atoms with Crippen LogP contribution in [0.25, 0.3) is 11.3 Å². The predicted octanol–water partition coefficient (Wildman–Crippen LogP) is 4.42. The van der Waals surface area contributed by atoms with Crippen molar-refractivity contribution >= 4 is 22.4 Å². The fraction of sp³-hybridized carbons (Fsp3) is 0.294. The third-order valence-corrected chi connectivity index (χ3v) is 4.14. The van der Waals surface area contributed by atoms with Crippen molar-refractivity contribution in [1.82, 2.24) is 4.98 Å². The van der Waals surface area contributed by atoms with Crippen molar-refractivity contribution in [2.75, 3.05) is 12.4 Å². The summed E-state index contributed by atoms with van der Waals surface area (Å²) >= 11 is 1.48. The molecule has 2 aromatic rings. The smallest absolute Gasteiger partial charge is 0.252 e. The number of nitrogens with one attached hydrogen (secondary N) is 1. The minimum atomic E-state index is -0.100. The van der Waals surface area contributed by atoms with E-state index in [9.17, 15) is 4.79 Å². The number of hydrogen-bond donors (Lipinski definition) is 1. The summed E-state index contributed by atoms with van der Waals surface area (Å²) in [6.45, 7) is 5.82. The largest absolute Gasteiger partial charge is 0.497 e. The SMILES string of the molecule is CCC=C(C)C(=O)Nc1nc(-c2ccc(OC)cc2)c(C)s1. The summed E-state index contributed by atoms with van der Waals surface area (Å²) in [4.78, 5) is 17.6. The van der Waals surface area contributed by atoms with Gasteiger partial charge in [0.05, 0.1) is 12.8 Å². The number of aromatic nitrogens is 1. The van der Waals surface area contributed by atoms with Gasteiger partial charge in [0.15, 0.2) is 5.13 Å². The molecule has 0 fully saturated rings. The van der Waals surface area contributed by atoms with Gasteiger partial charge in [-0.25, -0.2) is 4.98 Å². The second-order valence-electron chi connectivity index (χ2n) is 4.90. The Bertz CT molecular complexity index is 687. The third-order valence-electron chi connectivity index (χ3n) is 3.25. The number of hydrogen-bond acceptors (Lipinski definition) is 4. The van der Waals surface area contributed by atoms with Gasteiger partial charge in [-0.3, -0.25) is 10.1 Å². The van der Waals surface area contributed by atoms with Crippen LogP contribution in [-0.4, -0.2) is 18.0 Å². The van der Waals surface area contributed by atoms with Crippen molar-refractivity contribution in [3.05, 3.63) is 40.8 Å². The molecule has 0 aliphatic rings. The fourth-order valence-electron chi connectivity index (χ4n) is 2.06. The number of methoxy groups -OCH3 is 1. The van der Waals surface area contributed by atoms with Gasteiger partial charge in [-0.05, 0) is 44.5 Å². The van der Waals surface area contributed by atoms with Gasteiger partial charge in [-0.2, -0.15) is 0 Å². The summed E-state index contributed by atoms with van der Waals surface area (Å²) in [6.07, 6.45) is 2.74. The number of carbonyl (C=O) groups is 1. The highest BCUT2D eigenvalue weighted by Gasteiger charge is 2.12. The molecule has 116 valence electrons. The second kappa shape index (κ2) is 7.22. The number of allylic oxidation sites excluding steroid dienone is 1. The van der Waals surface area contributed by atoms with Crippen molar-refractivity contribution in [1.29, 1.82) is 0 Å². The van der Waals surface area contributed by atoms with Crippen LogP contribution in [0, 0.1) is 6.92 Å². The molecule has 1 amide bonds. The van der Waals surface area contributed by atoms with Crippen molar-refractivity contribution in [2.45, 2.75) is 27.2 Å². The van der Waals surface area contributed by atoms with Gasteiger partial charge in [-0.1, -0.05) is 13.0 Å². The lowest BCUT2D eigenvalue weighted by Crippen LogP contribution is -2.12. The van der Waals surface area contributed by atoms with Crippen LogP contribution >= 0.6 is 11.3 Å². The summed E-state index contributed by atoms with van der Waals surface area (Å²) in [7, 11) is 1.64. The molecule has 0 atom stereocenters. The monoisotopic (exact) mass is 316 g/mol. The second-order valence-corrected chi connectivity index (χ2v) is 6.11. The highest BCUT2D eigenvalue weighted by atomic mass is 32.1. The highest BCUT2D eigenvalue weighted by molar-refractivity contribution is 7.16. The minimum absolute atomic E-state index is 0.100. The third kappa shape index (κ3) is 3.74. The number of benzene rings is 1. The quantitative estimate of drug-likeness (QED) is 0.831. The molecule has 22 heavy (non-hydrogen) atoms. The van der Waals surface area contributed by atoms with E-state index in [1.54, 1.807) is 7.11 Å². The molecule has 0 saturated carbocycles. The van der Waals surface area contributed by atoms with Crippen LogP contribution in [0.5, 0.6) is 5.75 Å². The predicted molar refractivity (Wildman–Crippen MR) is 91.5 cm³/mol. The van der Waals surface area contributed by atoms with Crippen molar-refractivity contribution in [3.8, 4) is 17.0 Å². The Morgan fingerprint density at radius 1 is 1.36 bits per heavy atom. The van der Waals surface area contributed by atoms with Crippen LogP contribution in [0.2, 0.25) is 0 Å². The maximum atomic E-state index is 12.0. The van der Waals surface area contributed by atoms with E-state index in [-0.39, 0.29) is 5.91 Å². The van der Waals surface area contributed by atoms with E-state index < -0.39 is 0 Å². The zero-order valence-corrected chi connectivity index (χ0v) is 14.1. The van der Waals surface area contributed by atoms with Gasteiger partial charge in [0.25, 0.3) is 5.91 Å². The van der Waals surface area contributed by atoms with Crippen LogP contribution in [0.4, 0.5) is 5.13 Å². The van der Waals surface area contributed by atoms with Gasteiger partial charge in [0.2, 0.25) is 0 Å². The molecule has 0 aliphatic heterocycles. The summed E-state index contributed by atoms with van der Waals surface area (Å²) in [6, 6.07) is 7.74. The van der Waals surface area contributed by atoms with Crippen LogP contribution in [0.15, 0.2) is 35.9 Å². The van der Waals surface area contributed by atoms with E-state index in [0.717, 1.165) is 28.3 Å². The Balaban J connectivity index is 2.20. The van der Waals surface area contributed by atoms with Gasteiger partial charge >= 0.3 is 0 Å². The van der Waals surface area contributed by atoms with E-state index in [2.05, 4.69) is 10.3 Å². The maximum absolute atomic E-state index is 12.0. The molecule has 0 spiro atoms. The summed E-state index contributed by atoms with van der Waals surface area (Å²) in [5.74, 6) is 0.711. The summed E-state index contributed by atoms with van der Waals surface area (Å²) in [5, 5.41) is 3.48. The number of amides is 1. The maximum Gasteiger partial charge on any atom is 0.252 e. The molecule has 1 N–H and O–H groups in total. The van der Waals surface area contributed by atoms with Crippen LogP contribution in [0.3, 0.4) is 0 Å². The molecular weight excluding hydrogens is 296 g/mol. The molecular formula is C17H20N2O2S. The fourth-order valence-corrected chi connectivity index (χ4v) is 2.89. The Kier molecular flexibility index (Phi) is 5.33. The molecule has 4 nitrogen and oxygen atoms in total. The van der Waals surface area contributed by atoms with Crippen LogP contribution in [-0.2, 0) is 4.79 Å². The van der Waals surface area contributed by atoms with Gasteiger partial charge < -0.3 is 4.74 Å². The van der Waals surface area contributed by atoms with E-state index in [4.69, 9.17) is 4.74 Å². The Labute approximate surface area is 134 Å². The lowest BCUT2D eigenvalue weighted by molar-refractivity contribution is -0.112. The summed E-state index contributed by atoms with van der Waals surface area (Å²) < 4.78 is 5.16. The molecule has 0 aliphatic carbocycles. The number of aryl methyl sites for hydroxylation is 1. The normalized spacial score (nSPS) is 11.4. The van der Waals surface area contributed by atoms with Crippen molar-refractivity contribution in [3.63, 3.8) is 0 Å². The van der Waals surface area contributed by atoms with Crippen molar-refractivity contribution < 1.29 is 9.53 Å². The number of anilines is 1. The molecule has 5 heteroatoms. The molecule has 2 rings (SSSR count). The molecule has 1 aromatic heterocycles. The first-order chi connectivity index (χ1) is 10.5. The van der Waals surface area contributed by atoms with E-state index in [1.807, 2.05) is 51.1 Å². The average molecular weight is 316 g/mol. The minimum Gasteiger partial charge on any atom is -0.497 e. The van der Waals surface area contributed by atoms with Crippen molar-refractivity contribution in [2.24, 2.45) is 0 Å². The molecule has 0 radical (unpaired) electrons. The zero-order valence-electron chi connectivity index (χ0n) is 13.3. The number of ether oxygens (including phenoxy) is 1. The molecule has 0 unspecified atom stereocenters. The van der Waals surface area contributed by atoms with Gasteiger partial charge in [-0.15, -0.1) is 11.3 Å². The Morgan fingerprint density at radius 3 is 2.64 bits per heavy atom. The van der Waals surface area contributed by atoms with E-state index >= 15 is 0 Å². The Morgan fingerprint density at radius 2 is 2.05 bits per heavy atom. The Hall–Kier alpha value is -2.14. The first kappa shape index (κ1) is 16.2. The highest BCUT2D eigenvalue weighted by Crippen LogP contribution is 2.31. The lowest BCUT2D eigenvalue weighted by atomic mass is 10.1. The van der Waals surface area contributed by atoms with Crippen LogP contribution in [0.1, 0.15) is 25.1 Å². The zero-order chi connectivity index (χ0) is 16.1. The molecule has 0 bridgehead atoms. The molecule has 1 heterocycles. The van der Waals surface area contributed by atoms with Gasteiger partial charge in [0.1, 0.15) is 5.75 Å². The number of nitrogens with zero attached hydrogens (tertiary/aromatic N) is 1. The number of rotatable bonds is 5. The van der Waals surface area contributed by atoms with Gasteiger partial charge in [0, 0.05) is 16.0 Å².